The van der Waals surface area contributed by atoms with Crippen LogP contribution in [0, 0.1) is 0 Å². The van der Waals surface area contributed by atoms with Crippen LogP contribution in [-0.4, -0.2) is 42.8 Å². The zero-order valence-corrected chi connectivity index (χ0v) is 33.2. The number of rotatable bonds is 6. The average Bonchev–Trinajstić information content (AvgIpc) is 4.13. The molecule has 3 unspecified atom stereocenters. The number of hydrogen-bond donors (Lipinski definition) is 1. The molecular formula is C54H34N8. The summed E-state index contributed by atoms with van der Waals surface area (Å²) in [6.07, 6.45) is 19.0. The minimum absolute atomic E-state index is 0.0185. The van der Waals surface area contributed by atoms with Crippen molar-refractivity contribution in [2.45, 2.75) is 17.8 Å². The van der Waals surface area contributed by atoms with Crippen molar-refractivity contribution in [1.29, 1.82) is 0 Å². The summed E-state index contributed by atoms with van der Waals surface area (Å²) in [6.45, 7) is 0. The van der Waals surface area contributed by atoms with Crippen molar-refractivity contribution in [2.24, 2.45) is 20.0 Å². The summed E-state index contributed by atoms with van der Waals surface area (Å²) in [6, 6.07) is 43.5. The monoisotopic (exact) mass is 794 g/mol. The van der Waals surface area contributed by atoms with E-state index >= 15 is 0 Å². The van der Waals surface area contributed by atoms with Gasteiger partial charge in [0.25, 0.3) is 0 Å². The molecule has 8 aromatic rings. The van der Waals surface area contributed by atoms with E-state index in [2.05, 4.69) is 123 Å². The molecule has 1 aliphatic carbocycles. The van der Waals surface area contributed by atoms with Crippen molar-refractivity contribution in [3.63, 3.8) is 0 Å². The van der Waals surface area contributed by atoms with Crippen LogP contribution < -0.4 is 0 Å². The van der Waals surface area contributed by atoms with Crippen LogP contribution in [0.25, 0.3) is 44.3 Å². The lowest BCUT2D eigenvalue weighted by molar-refractivity contribution is 0.805. The van der Waals surface area contributed by atoms with E-state index < -0.39 is 0 Å². The Morgan fingerprint density at radius 1 is 0.484 bits per heavy atom. The molecule has 1 N–H and O–H groups in total. The molecule has 8 heterocycles. The zero-order valence-electron chi connectivity index (χ0n) is 33.2. The number of allylic oxidation sites excluding steroid dienone is 4. The number of nitrogens with one attached hydrogen (secondary N) is 1. The molecule has 290 valence electrons. The van der Waals surface area contributed by atoms with Crippen LogP contribution in [0.2, 0.25) is 0 Å². The molecule has 62 heavy (non-hydrogen) atoms. The summed E-state index contributed by atoms with van der Waals surface area (Å²) in [5.74, 6) is -0.300. The van der Waals surface area contributed by atoms with Gasteiger partial charge in [-0.25, -0.2) is 9.98 Å². The van der Waals surface area contributed by atoms with Crippen molar-refractivity contribution in [3.05, 3.63) is 228 Å². The molecule has 8 heteroatoms. The van der Waals surface area contributed by atoms with Gasteiger partial charge in [-0.2, -0.15) is 0 Å². The zero-order chi connectivity index (χ0) is 40.7. The number of nitrogens with zero attached hydrogens (tertiary/aromatic N) is 7. The summed E-state index contributed by atoms with van der Waals surface area (Å²) in [4.78, 5) is 37.4. The Kier molecular flexibility index (Phi) is 7.62. The third-order valence-electron chi connectivity index (χ3n) is 12.9. The van der Waals surface area contributed by atoms with Gasteiger partial charge in [-0.3, -0.25) is 24.9 Å². The maximum absolute atomic E-state index is 5.43. The molecule has 0 fully saturated rings. The largest absolute Gasteiger partial charge is 0.357 e. The highest BCUT2D eigenvalue weighted by Crippen LogP contribution is 2.55. The van der Waals surface area contributed by atoms with Gasteiger partial charge in [-0.05, 0) is 110 Å². The number of fused-ring (bicyclic) bond motifs is 8. The first-order chi connectivity index (χ1) is 30.7. The van der Waals surface area contributed by atoms with Crippen molar-refractivity contribution in [3.8, 4) is 33.4 Å². The van der Waals surface area contributed by atoms with Gasteiger partial charge < -0.3 is 4.98 Å². The Balaban J connectivity index is 0.972. The van der Waals surface area contributed by atoms with Gasteiger partial charge in [0.15, 0.2) is 0 Å². The summed E-state index contributed by atoms with van der Waals surface area (Å²) < 4.78 is 0. The number of pyridine rings is 3. The molecule has 4 aromatic carbocycles. The quantitative estimate of drug-likeness (QED) is 0.181. The number of aromatic nitrogens is 4. The van der Waals surface area contributed by atoms with E-state index in [1.165, 1.54) is 22.3 Å². The van der Waals surface area contributed by atoms with Crippen molar-refractivity contribution in [2.75, 3.05) is 0 Å². The minimum Gasteiger partial charge on any atom is -0.357 e. The van der Waals surface area contributed by atoms with E-state index in [9.17, 15) is 0 Å². The Bertz CT molecular complexity index is 3350. The van der Waals surface area contributed by atoms with Gasteiger partial charge in [0.2, 0.25) is 0 Å². The third kappa shape index (κ3) is 5.36. The van der Waals surface area contributed by atoms with E-state index in [-0.39, 0.29) is 17.8 Å². The standard InChI is InChI=1S/C54H34N8/c1-7-37(8-2-31(1)34-13-21-55-22-14-34)40-19-27-58-50-42-30-44-41(29-45(42)61-51(40)50)48-46(38-9-3-32(4-10-38)35-15-23-56-24-16-35)54-49(52-43(60-54)20-28-59-52)47(53(48)62-44)39-11-5-33(6-12-39)36-17-25-57-26-18-36/h1-30,40,46-47,62H. The molecule has 0 amide bonds. The first-order valence-electron chi connectivity index (χ1n) is 20.9. The molecule has 4 aliphatic heterocycles. The molecule has 8 nitrogen and oxygen atoms in total. The molecule has 0 radical (unpaired) electrons. The predicted octanol–water partition coefficient (Wildman–Crippen LogP) is 11.5. The smallest absolute Gasteiger partial charge is 0.0948 e. The first-order valence-corrected chi connectivity index (χ1v) is 20.9. The van der Waals surface area contributed by atoms with Crippen molar-refractivity contribution >= 4 is 39.4 Å². The molecule has 13 rings (SSSR count). The van der Waals surface area contributed by atoms with Crippen LogP contribution in [-0.2, 0) is 0 Å². The summed E-state index contributed by atoms with van der Waals surface area (Å²) in [5, 5.41) is 1.14. The van der Waals surface area contributed by atoms with Crippen LogP contribution in [0.5, 0.6) is 0 Å². The molecular weight excluding hydrogens is 761 g/mol. The molecule has 5 aliphatic rings. The lowest BCUT2D eigenvalue weighted by Crippen LogP contribution is -2.22. The maximum atomic E-state index is 5.43. The molecule has 3 atom stereocenters. The number of aliphatic imine (C=N–C) groups is 4. The van der Waals surface area contributed by atoms with Crippen LogP contribution in [0.1, 0.15) is 51.3 Å². The van der Waals surface area contributed by atoms with Gasteiger partial charge >= 0.3 is 0 Å². The maximum Gasteiger partial charge on any atom is 0.0948 e. The van der Waals surface area contributed by atoms with Crippen molar-refractivity contribution < 1.29 is 0 Å². The van der Waals surface area contributed by atoms with E-state index in [0.29, 0.717) is 0 Å². The lowest BCUT2D eigenvalue weighted by atomic mass is 9.72. The average molecular weight is 795 g/mol. The fourth-order valence-electron chi connectivity index (χ4n) is 9.96. The second-order valence-corrected chi connectivity index (χ2v) is 16.2. The Morgan fingerprint density at radius 2 is 1.02 bits per heavy atom. The van der Waals surface area contributed by atoms with Gasteiger partial charge in [-0.1, -0.05) is 78.9 Å². The number of benzene rings is 4. The Hall–Kier alpha value is -8.23. The van der Waals surface area contributed by atoms with E-state index in [0.717, 1.165) is 95.3 Å². The molecule has 0 spiro atoms. The topological polar surface area (TPSA) is 104 Å². The van der Waals surface area contributed by atoms with E-state index in [4.69, 9.17) is 20.0 Å². The van der Waals surface area contributed by atoms with Crippen LogP contribution in [0.4, 0.5) is 5.69 Å². The van der Waals surface area contributed by atoms with Crippen LogP contribution in [0.15, 0.2) is 214 Å². The van der Waals surface area contributed by atoms with Gasteiger partial charge in [0.1, 0.15) is 0 Å². The van der Waals surface area contributed by atoms with Gasteiger partial charge in [0.05, 0.1) is 46.1 Å². The number of H-pyrrole nitrogens is 1. The second kappa shape index (κ2) is 13.7. The third-order valence-corrected chi connectivity index (χ3v) is 12.9. The Labute approximate surface area is 357 Å². The fourth-order valence-corrected chi connectivity index (χ4v) is 9.96. The second-order valence-electron chi connectivity index (χ2n) is 16.2. The highest BCUT2D eigenvalue weighted by atomic mass is 14.9. The lowest BCUT2D eigenvalue weighted by Gasteiger charge is -2.31. The molecule has 0 bridgehead atoms. The van der Waals surface area contributed by atoms with Gasteiger partial charge in [0, 0.05) is 83.2 Å². The summed E-state index contributed by atoms with van der Waals surface area (Å²) in [7, 11) is 0. The van der Waals surface area contributed by atoms with Crippen LogP contribution in [0.3, 0.4) is 0 Å². The van der Waals surface area contributed by atoms with E-state index in [1.54, 1.807) is 0 Å². The SMILES string of the molecule is C1=CC2=NC3=C(C2=N1)C(c1ccc(-c2ccncc2)cc1)c1[nH]c2cc4c(cc2c1C3c1ccc(-c2ccncc2)cc1)N=C1C4=NC=CC1c1ccc(-c2ccncc2)cc1. The van der Waals surface area contributed by atoms with E-state index in [1.807, 2.05) is 79.9 Å². The molecule has 0 saturated heterocycles. The normalized spacial score (nSPS) is 19.0. The number of hydrogen-bond acceptors (Lipinski definition) is 7. The first kappa shape index (κ1) is 34.6. The van der Waals surface area contributed by atoms with Crippen molar-refractivity contribution in [1.82, 2.24) is 19.9 Å². The minimum atomic E-state index is -0.151. The van der Waals surface area contributed by atoms with Gasteiger partial charge in [-0.15, -0.1) is 0 Å². The summed E-state index contributed by atoms with van der Waals surface area (Å²) >= 11 is 0. The molecule has 4 aromatic heterocycles. The Morgan fingerprint density at radius 3 is 1.61 bits per heavy atom. The highest BCUT2D eigenvalue weighted by molar-refractivity contribution is 6.56. The predicted molar refractivity (Wildman–Crippen MR) is 248 cm³/mol. The fraction of sp³-hybridized carbons (Fsp3) is 0.0556. The number of aromatic amines is 1. The molecule has 0 saturated carbocycles. The highest BCUT2D eigenvalue weighted by Gasteiger charge is 2.45. The van der Waals surface area contributed by atoms with Crippen LogP contribution >= 0.6 is 0 Å². The summed E-state index contributed by atoms with van der Waals surface area (Å²) in [5.41, 5.74) is 21.7.